The summed E-state index contributed by atoms with van der Waals surface area (Å²) in [4.78, 5) is 10.8. The first kappa shape index (κ1) is 12.8. The van der Waals surface area contributed by atoms with Crippen LogP contribution in [0.15, 0.2) is 12.1 Å². The zero-order valence-electron chi connectivity index (χ0n) is 8.85. The number of nitrogens with two attached hydrogens (primary N) is 1. The molecule has 4 N–H and O–H groups in total. The molecule has 16 heavy (non-hydrogen) atoms. The van der Waals surface area contributed by atoms with Gasteiger partial charge in [0.1, 0.15) is 11.9 Å². The maximum atomic E-state index is 13.3. The summed E-state index contributed by atoms with van der Waals surface area (Å²) >= 11 is 0. The number of carbonyl (C=O) groups excluding carboxylic acids is 1. The molecule has 0 aliphatic carbocycles. The fraction of sp³-hybridized carbons (Fsp3) is 0.364. The van der Waals surface area contributed by atoms with E-state index in [1.807, 2.05) is 0 Å². The second-order valence-corrected chi connectivity index (χ2v) is 3.56. The van der Waals surface area contributed by atoms with E-state index in [1.165, 1.54) is 6.07 Å². The molecule has 0 radical (unpaired) electrons. The number of halogens is 1. The number of aldehydes is 1. The Hall–Kier alpha value is -1.30. The van der Waals surface area contributed by atoms with Crippen LogP contribution < -0.4 is 5.73 Å². The number of aliphatic hydroxyl groups excluding tert-OH is 2. The fourth-order valence-electron chi connectivity index (χ4n) is 1.55. The van der Waals surface area contributed by atoms with Gasteiger partial charge in [-0.05, 0) is 24.1 Å². The highest BCUT2D eigenvalue weighted by atomic mass is 19.1. The molecular weight excluding hydrogens is 213 g/mol. The van der Waals surface area contributed by atoms with Gasteiger partial charge in [-0.1, -0.05) is 6.07 Å². The first-order valence-corrected chi connectivity index (χ1v) is 4.83. The van der Waals surface area contributed by atoms with Crippen molar-refractivity contribution in [1.82, 2.24) is 0 Å². The topological polar surface area (TPSA) is 83.5 Å². The van der Waals surface area contributed by atoms with Gasteiger partial charge >= 0.3 is 0 Å². The van der Waals surface area contributed by atoms with E-state index in [0.717, 1.165) is 6.07 Å². The van der Waals surface area contributed by atoms with E-state index in [1.54, 1.807) is 6.92 Å². The Labute approximate surface area is 92.5 Å². The molecule has 2 unspecified atom stereocenters. The minimum absolute atomic E-state index is 0.0907. The van der Waals surface area contributed by atoms with Gasteiger partial charge in [0, 0.05) is 6.54 Å². The number of benzene rings is 1. The molecule has 0 aromatic heterocycles. The molecule has 0 amide bonds. The van der Waals surface area contributed by atoms with E-state index >= 15 is 0 Å². The van der Waals surface area contributed by atoms with E-state index in [2.05, 4.69) is 0 Å². The predicted octanol–water partition coefficient (Wildman–Crippen LogP) is 0.300. The van der Waals surface area contributed by atoms with E-state index in [-0.39, 0.29) is 17.7 Å². The van der Waals surface area contributed by atoms with Crippen molar-refractivity contribution in [2.24, 2.45) is 5.73 Å². The van der Waals surface area contributed by atoms with Crippen molar-refractivity contribution < 1.29 is 19.4 Å². The second kappa shape index (κ2) is 5.16. The lowest BCUT2D eigenvalue weighted by atomic mass is 9.94. The molecule has 0 bridgehead atoms. The van der Waals surface area contributed by atoms with Crippen LogP contribution in [0.4, 0.5) is 4.39 Å². The Balaban J connectivity index is 3.30. The molecule has 0 fully saturated rings. The molecule has 0 saturated carbocycles. The Bertz CT molecular complexity index is 395. The minimum Gasteiger partial charge on any atom is -0.389 e. The van der Waals surface area contributed by atoms with Crippen molar-refractivity contribution in [3.05, 3.63) is 34.6 Å². The van der Waals surface area contributed by atoms with Crippen LogP contribution in [0.25, 0.3) is 0 Å². The van der Waals surface area contributed by atoms with Gasteiger partial charge in [-0.2, -0.15) is 0 Å². The SMILES string of the molecule is Cc1ccc(F)c(C=O)c1C(O)C(O)CN. The van der Waals surface area contributed by atoms with Gasteiger partial charge in [0.15, 0.2) is 6.29 Å². The van der Waals surface area contributed by atoms with Crippen molar-refractivity contribution in [3.63, 3.8) is 0 Å². The largest absolute Gasteiger partial charge is 0.389 e. The molecule has 0 spiro atoms. The monoisotopic (exact) mass is 227 g/mol. The highest BCUT2D eigenvalue weighted by Crippen LogP contribution is 2.25. The fourth-order valence-corrected chi connectivity index (χ4v) is 1.55. The number of hydrogen-bond acceptors (Lipinski definition) is 4. The number of aliphatic hydroxyl groups is 2. The molecule has 0 aliphatic rings. The lowest BCUT2D eigenvalue weighted by molar-refractivity contribution is 0.0234. The lowest BCUT2D eigenvalue weighted by Gasteiger charge is -2.20. The van der Waals surface area contributed by atoms with Crippen LogP contribution in [0, 0.1) is 12.7 Å². The molecule has 0 saturated heterocycles. The average Bonchev–Trinajstić information content (AvgIpc) is 2.29. The highest BCUT2D eigenvalue weighted by molar-refractivity contribution is 5.78. The van der Waals surface area contributed by atoms with Crippen LogP contribution in [-0.4, -0.2) is 29.1 Å². The predicted molar refractivity (Wildman–Crippen MR) is 56.5 cm³/mol. The van der Waals surface area contributed by atoms with E-state index in [0.29, 0.717) is 11.8 Å². The zero-order valence-corrected chi connectivity index (χ0v) is 8.85. The molecule has 88 valence electrons. The summed E-state index contributed by atoms with van der Waals surface area (Å²) in [7, 11) is 0. The van der Waals surface area contributed by atoms with E-state index in [4.69, 9.17) is 5.73 Å². The summed E-state index contributed by atoms with van der Waals surface area (Å²) in [5.74, 6) is -0.723. The Kier molecular flexibility index (Phi) is 4.12. The number of hydrogen-bond donors (Lipinski definition) is 3. The van der Waals surface area contributed by atoms with Crippen molar-refractivity contribution >= 4 is 6.29 Å². The first-order valence-electron chi connectivity index (χ1n) is 4.83. The highest BCUT2D eigenvalue weighted by Gasteiger charge is 2.23. The number of rotatable bonds is 4. The van der Waals surface area contributed by atoms with Crippen molar-refractivity contribution in [2.75, 3.05) is 6.54 Å². The van der Waals surface area contributed by atoms with Crippen LogP contribution in [0.3, 0.4) is 0 Å². The van der Waals surface area contributed by atoms with Gasteiger partial charge < -0.3 is 15.9 Å². The van der Waals surface area contributed by atoms with E-state index in [9.17, 15) is 19.4 Å². The van der Waals surface area contributed by atoms with Crippen molar-refractivity contribution in [3.8, 4) is 0 Å². The van der Waals surface area contributed by atoms with Crippen LogP contribution in [0.1, 0.15) is 27.6 Å². The second-order valence-electron chi connectivity index (χ2n) is 3.56. The van der Waals surface area contributed by atoms with Gasteiger partial charge in [-0.25, -0.2) is 4.39 Å². The standard InChI is InChI=1S/C11H14FNO3/c1-6-2-3-8(12)7(5-14)10(6)11(16)9(15)4-13/h2-3,5,9,11,15-16H,4,13H2,1H3. The van der Waals surface area contributed by atoms with Crippen LogP contribution in [0.5, 0.6) is 0 Å². The van der Waals surface area contributed by atoms with Crippen LogP contribution in [-0.2, 0) is 0 Å². The number of aryl methyl sites for hydroxylation is 1. The summed E-state index contributed by atoms with van der Waals surface area (Å²) < 4.78 is 13.3. The smallest absolute Gasteiger partial charge is 0.153 e. The van der Waals surface area contributed by atoms with E-state index < -0.39 is 18.0 Å². The molecule has 1 rings (SSSR count). The van der Waals surface area contributed by atoms with Crippen molar-refractivity contribution in [1.29, 1.82) is 0 Å². The molecule has 4 nitrogen and oxygen atoms in total. The molecule has 0 aliphatic heterocycles. The first-order chi connectivity index (χ1) is 7.52. The summed E-state index contributed by atoms with van der Waals surface area (Å²) in [5.41, 5.74) is 5.58. The molecular formula is C11H14FNO3. The molecule has 0 heterocycles. The van der Waals surface area contributed by atoms with Gasteiger partial charge in [-0.3, -0.25) is 4.79 Å². The third-order valence-corrected chi connectivity index (χ3v) is 2.47. The Morgan fingerprint density at radius 2 is 2.12 bits per heavy atom. The Morgan fingerprint density at radius 3 is 2.62 bits per heavy atom. The van der Waals surface area contributed by atoms with Crippen LogP contribution in [0.2, 0.25) is 0 Å². The summed E-state index contributed by atoms with van der Waals surface area (Å²) in [5, 5.41) is 19.2. The summed E-state index contributed by atoms with van der Waals surface area (Å²) in [6.07, 6.45) is -2.26. The number of carbonyl (C=O) groups is 1. The molecule has 2 atom stereocenters. The maximum absolute atomic E-state index is 13.3. The summed E-state index contributed by atoms with van der Waals surface area (Å²) in [6.45, 7) is 1.45. The van der Waals surface area contributed by atoms with Gasteiger partial charge in [0.2, 0.25) is 0 Å². The quantitative estimate of drug-likeness (QED) is 0.646. The normalized spacial score (nSPS) is 14.6. The average molecular weight is 227 g/mol. The minimum atomic E-state index is -1.36. The third kappa shape index (κ3) is 2.27. The van der Waals surface area contributed by atoms with Gasteiger partial charge in [-0.15, -0.1) is 0 Å². The van der Waals surface area contributed by atoms with Crippen molar-refractivity contribution in [2.45, 2.75) is 19.1 Å². The summed E-state index contributed by atoms with van der Waals surface area (Å²) in [6, 6.07) is 2.58. The lowest BCUT2D eigenvalue weighted by Crippen LogP contribution is -2.28. The molecule has 5 heteroatoms. The molecule has 1 aromatic carbocycles. The van der Waals surface area contributed by atoms with Gasteiger partial charge in [0.25, 0.3) is 0 Å². The Morgan fingerprint density at radius 1 is 1.50 bits per heavy atom. The third-order valence-electron chi connectivity index (χ3n) is 2.47. The maximum Gasteiger partial charge on any atom is 0.153 e. The van der Waals surface area contributed by atoms with Crippen LogP contribution >= 0.6 is 0 Å². The molecule has 1 aromatic rings. The zero-order chi connectivity index (χ0) is 12.3. The van der Waals surface area contributed by atoms with Gasteiger partial charge in [0.05, 0.1) is 11.7 Å².